The number of carbonyl (C=O) groups is 1. The van der Waals surface area contributed by atoms with Crippen LogP contribution in [0.15, 0.2) is 12.1 Å². The Hall–Kier alpha value is -0.870. The lowest BCUT2D eigenvalue weighted by atomic mass is 9.99. The summed E-state index contributed by atoms with van der Waals surface area (Å²) in [6.07, 6.45) is 0.654. The molecule has 0 spiro atoms. The van der Waals surface area contributed by atoms with Crippen molar-refractivity contribution in [3.8, 4) is 0 Å². The Bertz CT molecular complexity index is 371. The maximum absolute atomic E-state index is 11.7. The molecule has 1 aliphatic rings. The summed E-state index contributed by atoms with van der Waals surface area (Å²) >= 11 is 1.75. The Morgan fingerprint density at radius 3 is 2.88 bits per heavy atom. The van der Waals surface area contributed by atoms with Crippen molar-refractivity contribution < 1.29 is 4.79 Å². The molecule has 2 rings (SSSR count). The van der Waals surface area contributed by atoms with Crippen molar-refractivity contribution in [1.29, 1.82) is 0 Å². The molecular weight excluding hydrogens is 220 g/mol. The number of nitrogens with one attached hydrogen (secondary N) is 2. The summed E-state index contributed by atoms with van der Waals surface area (Å²) in [5, 5.41) is 6.23. The van der Waals surface area contributed by atoms with E-state index in [4.69, 9.17) is 0 Å². The standard InChI is InChI=1S/C12H18N2OS/c1-8-3-4-11(16-8)9(2)14-12(15)5-10-6-13-7-10/h3-4,9-10,13H,5-7H2,1-2H3,(H,14,15). The Morgan fingerprint density at radius 2 is 2.38 bits per heavy atom. The number of thiophene rings is 1. The van der Waals surface area contributed by atoms with Crippen molar-refractivity contribution in [3.05, 3.63) is 21.9 Å². The van der Waals surface area contributed by atoms with Gasteiger partial charge in [-0.3, -0.25) is 4.79 Å². The predicted octanol–water partition coefficient (Wildman–Crippen LogP) is 1.84. The van der Waals surface area contributed by atoms with E-state index in [-0.39, 0.29) is 11.9 Å². The molecule has 1 atom stereocenters. The Kier molecular flexibility index (Phi) is 3.61. The van der Waals surface area contributed by atoms with Crippen molar-refractivity contribution in [2.45, 2.75) is 26.3 Å². The predicted molar refractivity (Wildman–Crippen MR) is 66.6 cm³/mol. The van der Waals surface area contributed by atoms with Crippen LogP contribution < -0.4 is 10.6 Å². The van der Waals surface area contributed by atoms with Gasteiger partial charge in [0.05, 0.1) is 6.04 Å². The highest BCUT2D eigenvalue weighted by atomic mass is 32.1. The minimum absolute atomic E-state index is 0.138. The molecule has 4 heteroatoms. The normalized spacial score (nSPS) is 17.9. The quantitative estimate of drug-likeness (QED) is 0.840. The fourth-order valence-electron chi connectivity index (χ4n) is 1.81. The van der Waals surface area contributed by atoms with Crippen LogP contribution >= 0.6 is 11.3 Å². The van der Waals surface area contributed by atoms with Crippen molar-refractivity contribution in [2.75, 3.05) is 13.1 Å². The zero-order valence-electron chi connectivity index (χ0n) is 9.75. The van der Waals surface area contributed by atoms with Gasteiger partial charge in [0.1, 0.15) is 0 Å². The first kappa shape index (κ1) is 11.6. The van der Waals surface area contributed by atoms with Gasteiger partial charge in [0.2, 0.25) is 5.91 Å². The molecule has 1 fully saturated rings. The third kappa shape index (κ3) is 2.83. The summed E-state index contributed by atoms with van der Waals surface area (Å²) in [5.41, 5.74) is 0. The molecule has 1 amide bonds. The average molecular weight is 238 g/mol. The zero-order valence-corrected chi connectivity index (χ0v) is 10.6. The third-order valence-electron chi connectivity index (χ3n) is 2.91. The minimum atomic E-state index is 0.138. The molecule has 1 aromatic rings. The fraction of sp³-hybridized carbons (Fsp3) is 0.583. The molecule has 0 bridgehead atoms. The second kappa shape index (κ2) is 4.97. The van der Waals surface area contributed by atoms with E-state index in [9.17, 15) is 4.79 Å². The van der Waals surface area contributed by atoms with Gasteiger partial charge < -0.3 is 10.6 Å². The van der Waals surface area contributed by atoms with Gasteiger partial charge in [0.25, 0.3) is 0 Å². The van der Waals surface area contributed by atoms with E-state index in [2.05, 4.69) is 29.7 Å². The van der Waals surface area contributed by atoms with Gasteiger partial charge in [-0.05, 0) is 45.0 Å². The monoisotopic (exact) mass is 238 g/mol. The summed E-state index contributed by atoms with van der Waals surface area (Å²) in [6.45, 7) is 6.10. The number of hydrogen-bond acceptors (Lipinski definition) is 3. The van der Waals surface area contributed by atoms with Crippen molar-refractivity contribution in [1.82, 2.24) is 10.6 Å². The first-order chi connectivity index (χ1) is 7.65. The summed E-state index contributed by atoms with van der Waals surface area (Å²) < 4.78 is 0. The van der Waals surface area contributed by atoms with Gasteiger partial charge in [-0.2, -0.15) is 0 Å². The largest absolute Gasteiger partial charge is 0.349 e. The maximum Gasteiger partial charge on any atom is 0.220 e. The molecule has 0 radical (unpaired) electrons. The van der Waals surface area contributed by atoms with E-state index in [1.54, 1.807) is 11.3 Å². The molecular formula is C12H18N2OS. The van der Waals surface area contributed by atoms with Crippen LogP contribution in [0.1, 0.15) is 29.1 Å². The molecule has 88 valence electrons. The molecule has 0 aromatic carbocycles. The van der Waals surface area contributed by atoms with Crippen molar-refractivity contribution >= 4 is 17.2 Å². The molecule has 16 heavy (non-hydrogen) atoms. The van der Waals surface area contributed by atoms with E-state index in [0.717, 1.165) is 13.1 Å². The molecule has 1 aliphatic heterocycles. The zero-order chi connectivity index (χ0) is 11.5. The molecule has 1 saturated heterocycles. The molecule has 1 unspecified atom stereocenters. The van der Waals surface area contributed by atoms with Crippen LogP contribution in [0.3, 0.4) is 0 Å². The molecule has 2 N–H and O–H groups in total. The average Bonchev–Trinajstić information content (AvgIpc) is 2.58. The van der Waals surface area contributed by atoms with Gasteiger partial charge in [-0.1, -0.05) is 0 Å². The molecule has 1 aromatic heterocycles. The Morgan fingerprint density at radius 1 is 1.62 bits per heavy atom. The van der Waals surface area contributed by atoms with Crippen LogP contribution in [-0.4, -0.2) is 19.0 Å². The lowest BCUT2D eigenvalue weighted by molar-refractivity contribution is -0.123. The van der Waals surface area contributed by atoms with Gasteiger partial charge in [0.15, 0.2) is 0 Å². The Balaban J connectivity index is 1.81. The third-order valence-corrected chi connectivity index (χ3v) is 4.09. The molecule has 2 heterocycles. The van der Waals surface area contributed by atoms with Crippen LogP contribution in [0.5, 0.6) is 0 Å². The van der Waals surface area contributed by atoms with Crippen LogP contribution in [0.2, 0.25) is 0 Å². The van der Waals surface area contributed by atoms with Crippen molar-refractivity contribution in [3.63, 3.8) is 0 Å². The maximum atomic E-state index is 11.7. The topological polar surface area (TPSA) is 41.1 Å². The van der Waals surface area contributed by atoms with Crippen LogP contribution in [0.4, 0.5) is 0 Å². The van der Waals surface area contributed by atoms with Crippen LogP contribution in [0, 0.1) is 12.8 Å². The number of hydrogen-bond donors (Lipinski definition) is 2. The highest BCUT2D eigenvalue weighted by Gasteiger charge is 2.21. The summed E-state index contributed by atoms with van der Waals surface area (Å²) in [4.78, 5) is 14.2. The minimum Gasteiger partial charge on any atom is -0.349 e. The first-order valence-corrected chi connectivity index (χ1v) is 6.53. The molecule has 0 saturated carbocycles. The molecule has 0 aliphatic carbocycles. The van der Waals surface area contributed by atoms with E-state index in [0.29, 0.717) is 12.3 Å². The second-order valence-corrected chi connectivity index (χ2v) is 5.79. The number of carbonyl (C=O) groups excluding carboxylic acids is 1. The first-order valence-electron chi connectivity index (χ1n) is 5.71. The summed E-state index contributed by atoms with van der Waals surface area (Å²) in [6, 6.07) is 4.33. The van der Waals surface area contributed by atoms with E-state index in [1.807, 2.05) is 6.92 Å². The SMILES string of the molecule is Cc1ccc(C(C)NC(=O)CC2CNC2)s1. The van der Waals surface area contributed by atoms with Gasteiger partial charge in [-0.25, -0.2) is 0 Å². The summed E-state index contributed by atoms with van der Waals surface area (Å²) in [5.74, 6) is 0.710. The lowest BCUT2D eigenvalue weighted by Crippen LogP contribution is -2.44. The van der Waals surface area contributed by atoms with Gasteiger partial charge >= 0.3 is 0 Å². The second-order valence-electron chi connectivity index (χ2n) is 4.47. The summed E-state index contributed by atoms with van der Waals surface area (Å²) in [7, 11) is 0. The highest BCUT2D eigenvalue weighted by Crippen LogP contribution is 2.22. The van der Waals surface area contributed by atoms with E-state index in [1.165, 1.54) is 9.75 Å². The van der Waals surface area contributed by atoms with E-state index < -0.39 is 0 Å². The van der Waals surface area contributed by atoms with Crippen LogP contribution in [-0.2, 0) is 4.79 Å². The smallest absolute Gasteiger partial charge is 0.220 e. The van der Waals surface area contributed by atoms with Crippen molar-refractivity contribution in [2.24, 2.45) is 5.92 Å². The van der Waals surface area contributed by atoms with Gasteiger partial charge in [0, 0.05) is 16.2 Å². The van der Waals surface area contributed by atoms with Gasteiger partial charge in [-0.15, -0.1) is 11.3 Å². The fourth-order valence-corrected chi connectivity index (χ4v) is 2.69. The van der Waals surface area contributed by atoms with Crippen LogP contribution in [0.25, 0.3) is 0 Å². The number of aryl methyl sites for hydroxylation is 1. The number of amides is 1. The number of rotatable bonds is 4. The molecule has 3 nitrogen and oxygen atoms in total. The highest BCUT2D eigenvalue weighted by molar-refractivity contribution is 7.12. The van der Waals surface area contributed by atoms with E-state index >= 15 is 0 Å². The lowest BCUT2D eigenvalue weighted by Gasteiger charge is -2.26. The Labute approximate surface area is 100 Å².